The fraction of sp³-hybridized carbons (Fsp3) is 0.429. The van der Waals surface area contributed by atoms with Crippen LogP contribution >= 0.6 is 0 Å². The van der Waals surface area contributed by atoms with Crippen LogP contribution < -0.4 is 16.0 Å². The van der Waals surface area contributed by atoms with Gasteiger partial charge in [-0.2, -0.15) is 13.2 Å². The number of rotatable bonds is 6. The van der Waals surface area contributed by atoms with Crippen molar-refractivity contribution in [1.82, 2.24) is 29.8 Å². The summed E-state index contributed by atoms with van der Waals surface area (Å²) in [5.74, 6) is 2.31. The van der Waals surface area contributed by atoms with Gasteiger partial charge in [-0.05, 0) is 32.0 Å². The Kier molecular flexibility index (Phi) is 6.26. The van der Waals surface area contributed by atoms with E-state index < -0.39 is 11.9 Å². The molecule has 1 fully saturated rings. The number of hydrogen-bond donors (Lipinski definition) is 2. The smallest absolute Gasteiger partial charge is 0.384 e. The summed E-state index contributed by atoms with van der Waals surface area (Å²) in [6.07, 6.45) is 1.67. The summed E-state index contributed by atoms with van der Waals surface area (Å²) in [5, 5.41) is 3.12. The first-order valence-electron chi connectivity index (χ1n) is 10.4. The van der Waals surface area contributed by atoms with Crippen LogP contribution in [0, 0.1) is 0 Å². The van der Waals surface area contributed by atoms with Crippen LogP contribution in [-0.4, -0.2) is 51.2 Å². The maximum Gasteiger partial charge on any atom is 0.433 e. The quantitative estimate of drug-likeness (QED) is 0.601. The average molecular weight is 446 g/mol. The lowest BCUT2D eigenvalue weighted by atomic mass is 9.96. The summed E-state index contributed by atoms with van der Waals surface area (Å²) in [6.45, 7) is 2.97. The van der Waals surface area contributed by atoms with Gasteiger partial charge >= 0.3 is 6.18 Å². The zero-order valence-corrected chi connectivity index (χ0v) is 17.7. The molecule has 8 nitrogen and oxygen atoms in total. The van der Waals surface area contributed by atoms with Crippen LogP contribution in [0.1, 0.15) is 30.3 Å². The van der Waals surface area contributed by atoms with Crippen LogP contribution in [0.2, 0.25) is 0 Å². The summed E-state index contributed by atoms with van der Waals surface area (Å²) < 4.78 is 41.4. The van der Waals surface area contributed by atoms with E-state index in [-0.39, 0.29) is 5.92 Å². The molecule has 3 N–H and O–H groups in total. The minimum absolute atomic E-state index is 0.194. The van der Waals surface area contributed by atoms with Gasteiger partial charge in [0.1, 0.15) is 29.5 Å². The van der Waals surface area contributed by atoms with Crippen molar-refractivity contribution in [2.24, 2.45) is 0 Å². The zero-order chi connectivity index (χ0) is 22.7. The molecule has 1 aliphatic heterocycles. The fourth-order valence-corrected chi connectivity index (χ4v) is 3.95. The predicted octanol–water partition coefficient (Wildman–Crippen LogP) is 2.94. The lowest BCUT2D eigenvalue weighted by Gasteiger charge is -2.32. The lowest BCUT2D eigenvalue weighted by molar-refractivity contribution is -0.141. The van der Waals surface area contributed by atoms with E-state index in [9.17, 15) is 13.2 Å². The zero-order valence-electron chi connectivity index (χ0n) is 17.7. The maximum absolute atomic E-state index is 13.1. The van der Waals surface area contributed by atoms with Crippen molar-refractivity contribution in [3.63, 3.8) is 0 Å². The Morgan fingerprint density at radius 3 is 2.62 bits per heavy atom. The molecule has 0 amide bonds. The number of hydrogen-bond acceptors (Lipinski definition) is 7. The number of nitrogens with two attached hydrogens (primary N) is 1. The number of halogens is 3. The van der Waals surface area contributed by atoms with Crippen molar-refractivity contribution in [2.45, 2.75) is 31.5 Å². The highest BCUT2D eigenvalue weighted by Crippen LogP contribution is 2.33. The molecule has 1 saturated heterocycles. The van der Waals surface area contributed by atoms with E-state index in [4.69, 9.17) is 10.7 Å². The highest BCUT2D eigenvalue weighted by molar-refractivity contribution is 5.59. The fourth-order valence-electron chi connectivity index (χ4n) is 3.95. The van der Waals surface area contributed by atoms with Gasteiger partial charge < -0.3 is 20.5 Å². The van der Waals surface area contributed by atoms with Crippen molar-refractivity contribution >= 4 is 11.6 Å². The van der Waals surface area contributed by atoms with Crippen molar-refractivity contribution < 1.29 is 13.2 Å². The molecule has 3 aromatic rings. The van der Waals surface area contributed by atoms with Gasteiger partial charge in [-0.3, -0.25) is 4.98 Å². The van der Waals surface area contributed by atoms with Crippen LogP contribution in [-0.2, 0) is 12.7 Å². The Morgan fingerprint density at radius 1 is 1.16 bits per heavy atom. The first-order chi connectivity index (χ1) is 15.3. The first kappa shape index (κ1) is 22.0. The summed E-state index contributed by atoms with van der Waals surface area (Å²) in [4.78, 5) is 18.6. The summed E-state index contributed by atoms with van der Waals surface area (Å²) in [6, 6.07) is 4.37. The second kappa shape index (κ2) is 9.11. The molecule has 3 aromatic heterocycles. The molecule has 0 spiro atoms. The van der Waals surface area contributed by atoms with Crippen LogP contribution in [0.25, 0.3) is 11.3 Å². The number of nitrogens with one attached hydrogen (secondary N) is 1. The predicted molar refractivity (Wildman–Crippen MR) is 115 cm³/mol. The van der Waals surface area contributed by atoms with E-state index in [2.05, 4.69) is 25.2 Å². The Balaban J connectivity index is 1.57. The highest BCUT2D eigenvalue weighted by Gasteiger charge is 2.33. The second-order valence-corrected chi connectivity index (χ2v) is 7.77. The Labute approximate surface area is 183 Å². The van der Waals surface area contributed by atoms with Crippen LogP contribution in [0.5, 0.6) is 0 Å². The van der Waals surface area contributed by atoms with Gasteiger partial charge in [0.2, 0.25) is 0 Å². The summed E-state index contributed by atoms with van der Waals surface area (Å²) >= 11 is 0. The number of piperidine rings is 1. The number of likely N-dealkylation sites (N-methyl/N-ethyl adjacent to an activating group) is 1. The Bertz CT molecular complexity index is 1060. The van der Waals surface area contributed by atoms with Crippen molar-refractivity contribution in [1.29, 1.82) is 0 Å². The van der Waals surface area contributed by atoms with E-state index in [0.29, 0.717) is 23.6 Å². The number of pyridine rings is 1. The van der Waals surface area contributed by atoms with Crippen molar-refractivity contribution in [3.05, 3.63) is 48.4 Å². The van der Waals surface area contributed by atoms with Gasteiger partial charge in [0.15, 0.2) is 0 Å². The first-order valence-corrected chi connectivity index (χ1v) is 10.4. The van der Waals surface area contributed by atoms with Crippen molar-refractivity contribution in [2.75, 3.05) is 37.3 Å². The number of nitrogens with zero attached hydrogens (tertiary/aromatic N) is 6. The number of imidazole rings is 1. The largest absolute Gasteiger partial charge is 0.433 e. The second-order valence-electron chi connectivity index (χ2n) is 7.77. The Hall–Kier alpha value is -3.21. The van der Waals surface area contributed by atoms with E-state index in [1.807, 2.05) is 17.8 Å². The summed E-state index contributed by atoms with van der Waals surface area (Å²) in [5.41, 5.74) is 5.79. The minimum atomic E-state index is -4.50. The van der Waals surface area contributed by atoms with Gasteiger partial charge in [-0.1, -0.05) is 0 Å². The molecular weight excluding hydrogens is 421 g/mol. The van der Waals surface area contributed by atoms with E-state index in [0.717, 1.165) is 50.2 Å². The molecule has 0 radical (unpaired) electrons. The number of anilines is 2. The van der Waals surface area contributed by atoms with Crippen LogP contribution in [0.3, 0.4) is 0 Å². The molecule has 1 aliphatic rings. The third kappa shape index (κ3) is 4.82. The van der Waals surface area contributed by atoms with Gasteiger partial charge in [0.05, 0.1) is 5.69 Å². The van der Waals surface area contributed by atoms with Gasteiger partial charge in [0, 0.05) is 56.1 Å². The highest BCUT2D eigenvalue weighted by atomic mass is 19.4. The Morgan fingerprint density at radius 2 is 1.94 bits per heavy atom. The maximum atomic E-state index is 13.1. The molecule has 0 unspecified atom stereocenters. The number of aromatic nitrogens is 5. The molecule has 0 aromatic carbocycles. The van der Waals surface area contributed by atoms with E-state index in [1.165, 1.54) is 12.5 Å². The van der Waals surface area contributed by atoms with Crippen LogP contribution in [0.15, 0.2) is 36.9 Å². The standard InChI is InChI=1S/C21H25F3N8/c1-26-6-9-32-12-16(15-2-5-27-17(10-15)21(22,23)24)30-20(32)14-3-7-31(8-4-14)19-11-18(25)28-13-29-19/h2,5,10-14,26H,3-4,6-9H2,1H3,(H2,25,28,29). The molecule has 0 atom stereocenters. The molecule has 0 aliphatic carbocycles. The SMILES string of the molecule is CNCCn1cc(-c2ccnc(C(F)(F)F)c2)nc1C1CCN(c2cc(N)ncn2)CC1. The van der Waals surface area contributed by atoms with E-state index >= 15 is 0 Å². The lowest BCUT2D eigenvalue weighted by Crippen LogP contribution is -2.34. The normalized spacial score (nSPS) is 15.3. The van der Waals surface area contributed by atoms with Gasteiger partial charge in [0.25, 0.3) is 0 Å². The molecule has 0 bridgehead atoms. The van der Waals surface area contributed by atoms with Gasteiger partial charge in [-0.15, -0.1) is 0 Å². The minimum Gasteiger partial charge on any atom is -0.384 e. The van der Waals surface area contributed by atoms with Crippen LogP contribution in [0.4, 0.5) is 24.8 Å². The number of alkyl halides is 3. The molecule has 11 heteroatoms. The van der Waals surface area contributed by atoms with Crippen molar-refractivity contribution in [3.8, 4) is 11.3 Å². The molecule has 4 heterocycles. The monoisotopic (exact) mass is 446 g/mol. The van der Waals surface area contributed by atoms with Gasteiger partial charge in [-0.25, -0.2) is 15.0 Å². The number of nitrogen functional groups attached to an aromatic ring is 1. The molecular formula is C21H25F3N8. The summed E-state index contributed by atoms with van der Waals surface area (Å²) in [7, 11) is 1.86. The van der Waals surface area contributed by atoms with E-state index in [1.54, 1.807) is 12.1 Å². The molecule has 0 saturated carbocycles. The molecule has 32 heavy (non-hydrogen) atoms. The average Bonchev–Trinajstić information content (AvgIpc) is 3.21. The third-order valence-electron chi connectivity index (χ3n) is 5.61. The molecule has 170 valence electrons. The molecule has 4 rings (SSSR count). The topological polar surface area (TPSA) is 97.8 Å². The third-order valence-corrected chi connectivity index (χ3v) is 5.61.